The summed E-state index contributed by atoms with van der Waals surface area (Å²) in [5.74, 6) is 1.85. The minimum absolute atomic E-state index is 0.0267. The van der Waals surface area contributed by atoms with Gasteiger partial charge in [0, 0.05) is 30.7 Å². The molecule has 2 amide bonds. The second-order valence-electron chi connectivity index (χ2n) is 9.39. The maximum Gasteiger partial charge on any atom is 0.416 e. The molecular formula is C22H26F3N3O2. The molecule has 0 aromatic heterocycles. The Morgan fingerprint density at radius 3 is 2.50 bits per heavy atom. The number of amides is 2. The number of fused-ring (bicyclic) bond motifs is 3. The van der Waals surface area contributed by atoms with Crippen LogP contribution in [0.5, 0.6) is 0 Å². The Morgan fingerprint density at radius 2 is 1.87 bits per heavy atom. The van der Waals surface area contributed by atoms with Gasteiger partial charge in [0.1, 0.15) is 0 Å². The normalized spacial score (nSPS) is 34.6. The van der Waals surface area contributed by atoms with Crippen LogP contribution in [0.2, 0.25) is 0 Å². The number of likely N-dealkylation sites (tertiary alicyclic amines) is 1. The van der Waals surface area contributed by atoms with E-state index in [1.807, 2.05) is 0 Å². The van der Waals surface area contributed by atoms with Gasteiger partial charge in [0.15, 0.2) is 0 Å². The number of nitrogens with one attached hydrogen (secondary N) is 2. The van der Waals surface area contributed by atoms with Crippen LogP contribution in [-0.2, 0) is 15.8 Å². The SMILES string of the molecule is O=C(CNC(=O)C1[C@H]2CN(C3C[C@@H]4CC[C@H]3C4)C[C@@H]12)Nc1cccc(C(F)(F)F)c1. The molecule has 162 valence electrons. The summed E-state index contributed by atoms with van der Waals surface area (Å²) in [6.45, 7) is 1.72. The molecule has 0 spiro atoms. The molecule has 0 radical (unpaired) electrons. The first kappa shape index (κ1) is 19.8. The molecule has 5 nitrogen and oxygen atoms in total. The summed E-state index contributed by atoms with van der Waals surface area (Å²) < 4.78 is 38.3. The largest absolute Gasteiger partial charge is 0.416 e. The van der Waals surface area contributed by atoms with Gasteiger partial charge in [0.05, 0.1) is 12.1 Å². The van der Waals surface area contributed by atoms with E-state index in [2.05, 4.69) is 15.5 Å². The molecule has 3 saturated carbocycles. The average Bonchev–Trinajstić information content (AvgIpc) is 3.12. The summed E-state index contributed by atoms with van der Waals surface area (Å²) in [6, 6.07) is 5.17. The summed E-state index contributed by atoms with van der Waals surface area (Å²) in [7, 11) is 0. The number of rotatable bonds is 5. The number of halogens is 3. The first-order chi connectivity index (χ1) is 14.3. The quantitative estimate of drug-likeness (QED) is 0.768. The van der Waals surface area contributed by atoms with E-state index in [-0.39, 0.29) is 24.1 Å². The van der Waals surface area contributed by atoms with Gasteiger partial charge in [-0.15, -0.1) is 0 Å². The van der Waals surface area contributed by atoms with Gasteiger partial charge < -0.3 is 10.6 Å². The highest BCUT2D eigenvalue weighted by Crippen LogP contribution is 2.55. The number of nitrogens with zero attached hydrogens (tertiary/aromatic N) is 1. The molecule has 2 N–H and O–H groups in total. The first-order valence-electron chi connectivity index (χ1n) is 10.8. The zero-order valence-electron chi connectivity index (χ0n) is 16.6. The first-order valence-corrected chi connectivity index (χ1v) is 10.8. The molecule has 6 atom stereocenters. The Labute approximate surface area is 173 Å². The molecule has 30 heavy (non-hydrogen) atoms. The lowest BCUT2D eigenvalue weighted by Gasteiger charge is -2.32. The highest BCUT2D eigenvalue weighted by atomic mass is 19.4. The van der Waals surface area contributed by atoms with Crippen molar-refractivity contribution >= 4 is 17.5 Å². The van der Waals surface area contributed by atoms with E-state index in [9.17, 15) is 22.8 Å². The number of benzene rings is 1. The zero-order chi connectivity index (χ0) is 21.0. The van der Waals surface area contributed by atoms with Crippen molar-refractivity contribution in [2.75, 3.05) is 25.0 Å². The van der Waals surface area contributed by atoms with Gasteiger partial charge >= 0.3 is 6.18 Å². The Morgan fingerprint density at radius 1 is 1.10 bits per heavy atom. The summed E-state index contributed by atoms with van der Waals surface area (Å²) in [4.78, 5) is 27.1. The summed E-state index contributed by atoms with van der Waals surface area (Å²) in [5.41, 5.74) is -0.760. The monoisotopic (exact) mass is 421 g/mol. The van der Waals surface area contributed by atoms with Crippen LogP contribution < -0.4 is 10.6 Å². The number of piperidine rings is 1. The van der Waals surface area contributed by atoms with E-state index in [4.69, 9.17) is 0 Å². The Bertz CT molecular complexity index is 846. The van der Waals surface area contributed by atoms with E-state index >= 15 is 0 Å². The van der Waals surface area contributed by atoms with Gasteiger partial charge in [-0.2, -0.15) is 13.2 Å². The Kier molecular flexibility index (Phi) is 4.80. The number of carbonyl (C=O) groups is 2. The lowest BCUT2D eigenvalue weighted by Crippen LogP contribution is -2.41. The summed E-state index contributed by atoms with van der Waals surface area (Å²) >= 11 is 0. The van der Waals surface area contributed by atoms with Gasteiger partial charge in [-0.25, -0.2) is 0 Å². The van der Waals surface area contributed by atoms with Crippen molar-refractivity contribution in [2.45, 2.75) is 37.9 Å². The number of carbonyl (C=O) groups excluding carboxylic acids is 2. The Balaban J connectivity index is 1.07. The molecule has 2 unspecified atom stereocenters. The van der Waals surface area contributed by atoms with Crippen LogP contribution in [0, 0.1) is 29.6 Å². The van der Waals surface area contributed by atoms with Crippen molar-refractivity contribution in [1.82, 2.24) is 10.2 Å². The van der Waals surface area contributed by atoms with Crippen LogP contribution in [0.3, 0.4) is 0 Å². The lowest BCUT2D eigenvalue weighted by molar-refractivity contribution is -0.137. The fourth-order valence-corrected chi connectivity index (χ4v) is 6.14. The van der Waals surface area contributed by atoms with Crippen molar-refractivity contribution in [3.63, 3.8) is 0 Å². The van der Waals surface area contributed by atoms with Gasteiger partial charge in [-0.1, -0.05) is 12.5 Å². The standard InChI is InChI=1S/C22H26F3N3O2/c23-22(24,25)14-2-1-3-15(8-14)27-19(29)9-26-21(30)20-16-10-28(11-17(16)20)18-7-12-4-5-13(18)6-12/h1-3,8,12-13,16-18,20H,4-7,9-11H2,(H,26,30)(H,27,29)/t12-,13+,16-,17+,18?,20?/m1/s1. The number of alkyl halides is 3. The minimum Gasteiger partial charge on any atom is -0.347 e. The van der Waals surface area contributed by atoms with Crippen molar-refractivity contribution in [3.05, 3.63) is 29.8 Å². The van der Waals surface area contributed by atoms with Crippen molar-refractivity contribution in [2.24, 2.45) is 29.6 Å². The minimum atomic E-state index is -4.47. The van der Waals surface area contributed by atoms with Crippen LogP contribution in [0.4, 0.5) is 18.9 Å². The molecule has 1 heterocycles. The van der Waals surface area contributed by atoms with E-state index in [1.54, 1.807) is 0 Å². The van der Waals surface area contributed by atoms with Gasteiger partial charge in [-0.3, -0.25) is 14.5 Å². The predicted molar refractivity (Wildman–Crippen MR) is 104 cm³/mol. The second kappa shape index (κ2) is 7.25. The van der Waals surface area contributed by atoms with Crippen molar-refractivity contribution in [3.8, 4) is 0 Å². The number of hydrogen-bond acceptors (Lipinski definition) is 3. The molecule has 4 aliphatic rings. The molecule has 1 aromatic carbocycles. The molecule has 2 bridgehead atoms. The molecule has 3 aliphatic carbocycles. The molecule has 8 heteroatoms. The second-order valence-corrected chi connectivity index (χ2v) is 9.39. The Hall–Kier alpha value is -2.09. The van der Waals surface area contributed by atoms with E-state index in [1.165, 1.54) is 37.8 Å². The summed E-state index contributed by atoms with van der Waals surface area (Å²) in [6.07, 6.45) is 0.963. The topological polar surface area (TPSA) is 61.4 Å². The third-order valence-electron chi connectivity index (χ3n) is 7.59. The van der Waals surface area contributed by atoms with E-state index in [0.717, 1.165) is 37.1 Å². The third-order valence-corrected chi connectivity index (χ3v) is 7.59. The number of hydrogen-bond donors (Lipinski definition) is 2. The zero-order valence-corrected chi connectivity index (χ0v) is 16.6. The van der Waals surface area contributed by atoms with Gasteiger partial charge in [-0.05, 0) is 61.1 Å². The van der Waals surface area contributed by atoms with E-state index in [0.29, 0.717) is 17.9 Å². The smallest absolute Gasteiger partial charge is 0.347 e. The predicted octanol–water partition coefficient (Wildman–Crippen LogP) is 3.13. The van der Waals surface area contributed by atoms with Gasteiger partial charge in [0.2, 0.25) is 11.8 Å². The van der Waals surface area contributed by atoms with Crippen molar-refractivity contribution < 1.29 is 22.8 Å². The van der Waals surface area contributed by atoms with Crippen LogP contribution in [0.25, 0.3) is 0 Å². The molecule has 5 rings (SSSR count). The highest BCUT2D eigenvalue weighted by Gasteiger charge is 2.61. The molecule has 4 fully saturated rings. The summed E-state index contributed by atoms with van der Waals surface area (Å²) in [5, 5.41) is 5.07. The van der Waals surface area contributed by atoms with Crippen LogP contribution >= 0.6 is 0 Å². The lowest BCUT2D eigenvalue weighted by atomic mass is 9.94. The third kappa shape index (κ3) is 3.70. The van der Waals surface area contributed by atoms with E-state index < -0.39 is 17.6 Å². The molecule has 1 saturated heterocycles. The van der Waals surface area contributed by atoms with Crippen molar-refractivity contribution in [1.29, 1.82) is 0 Å². The molecule has 1 aliphatic heterocycles. The van der Waals surface area contributed by atoms with Crippen LogP contribution in [0.1, 0.15) is 31.2 Å². The average molecular weight is 421 g/mol. The fourth-order valence-electron chi connectivity index (χ4n) is 6.14. The maximum absolute atomic E-state index is 12.8. The van der Waals surface area contributed by atoms with Crippen LogP contribution in [0.15, 0.2) is 24.3 Å². The van der Waals surface area contributed by atoms with Crippen LogP contribution in [-0.4, -0.2) is 42.4 Å². The molecule has 1 aromatic rings. The fraction of sp³-hybridized carbons (Fsp3) is 0.636. The highest BCUT2D eigenvalue weighted by molar-refractivity contribution is 5.95. The maximum atomic E-state index is 12.8. The number of anilines is 1. The van der Waals surface area contributed by atoms with Gasteiger partial charge in [0.25, 0.3) is 0 Å². The molecular weight excluding hydrogens is 395 g/mol.